The second kappa shape index (κ2) is 11.7. The average molecular weight is 544 g/mol. The first-order chi connectivity index (χ1) is 18.4. The summed E-state index contributed by atoms with van der Waals surface area (Å²) >= 11 is 5.89. The zero-order valence-corrected chi connectivity index (χ0v) is 22.1. The molecule has 0 amide bonds. The van der Waals surface area contributed by atoms with E-state index in [2.05, 4.69) is 31.8 Å². The number of anilines is 2. The zero-order valence-electron chi connectivity index (χ0n) is 21.3. The van der Waals surface area contributed by atoms with Crippen molar-refractivity contribution in [3.63, 3.8) is 0 Å². The van der Waals surface area contributed by atoms with Crippen LogP contribution in [0.15, 0.2) is 43.0 Å². The fourth-order valence-electron chi connectivity index (χ4n) is 5.40. The molecule has 2 aliphatic rings. The third-order valence-corrected chi connectivity index (χ3v) is 7.89. The SMILES string of the molecule is C[C@H](CCOc1cnc(N2C[C@H](c3cc(F)ccc3F)[C@@H](N)C2)nc1)C1CCN(c2ncc(Cl)cn2)CC1. The van der Waals surface area contributed by atoms with Gasteiger partial charge in [-0.1, -0.05) is 18.5 Å². The summed E-state index contributed by atoms with van der Waals surface area (Å²) in [6.45, 7) is 5.60. The number of ether oxygens (including phenoxy) is 1. The standard InChI is InChI=1S/C27H32ClF2N7O/c1-17(18-4-7-36(8-5-18)26-32-11-19(28)12-33-26)6-9-38-21-13-34-27(35-14-21)37-15-23(25(31)16-37)22-10-20(29)2-3-24(22)30/h2-3,10-14,17-18,23,25H,4-9,15-16,31H2,1H3/t17-,23-,25+/m1/s1. The molecular weight excluding hydrogens is 512 g/mol. The van der Waals surface area contributed by atoms with E-state index in [0.29, 0.717) is 48.3 Å². The van der Waals surface area contributed by atoms with Crippen LogP contribution in [0.25, 0.3) is 0 Å². The van der Waals surface area contributed by atoms with E-state index in [4.69, 9.17) is 22.1 Å². The fraction of sp³-hybridized carbons (Fsp3) is 0.481. The first-order valence-corrected chi connectivity index (χ1v) is 13.4. The van der Waals surface area contributed by atoms with Gasteiger partial charge in [0.05, 0.1) is 36.4 Å². The summed E-state index contributed by atoms with van der Waals surface area (Å²) in [6.07, 6.45) is 9.69. The highest BCUT2D eigenvalue weighted by atomic mass is 35.5. The zero-order chi connectivity index (χ0) is 26.6. The predicted octanol–water partition coefficient (Wildman–Crippen LogP) is 4.45. The highest BCUT2D eigenvalue weighted by Gasteiger charge is 2.34. The van der Waals surface area contributed by atoms with Crippen molar-refractivity contribution in [1.82, 2.24) is 19.9 Å². The number of halogens is 3. The molecule has 2 aromatic heterocycles. The summed E-state index contributed by atoms with van der Waals surface area (Å²) in [5, 5.41) is 0.545. The van der Waals surface area contributed by atoms with Gasteiger partial charge in [-0.05, 0) is 54.9 Å². The maximum atomic E-state index is 14.3. The summed E-state index contributed by atoms with van der Waals surface area (Å²) in [6, 6.07) is 3.13. The van der Waals surface area contributed by atoms with Gasteiger partial charge in [-0.15, -0.1) is 0 Å². The molecule has 3 atom stereocenters. The molecule has 2 saturated heterocycles. The minimum atomic E-state index is -0.475. The van der Waals surface area contributed by atoms with Gasteiger partial charge in [-0.25, -0.2) is 28.7 Å². The second-order valence-electron chi connectivity index (χ2n) is 10.2. The van der Waals surface area contributed by atoms with Gasteiger partial charge < -0.3 is 20.3 Å². The lowest BCUT2D eigenvalue weighted by atomic mass is 9.84. The summed E-state index contributed by atoms with van der Waals surface area (Å²) in [5.41, 5.74) is 6.55. The normalized spacial score (nSPS) is 21.1. The Balaban J connectivity index is 1.07. The van der Waals surface area contributed by atoms with Gasteiger partial charge in [0.25, 0.3) is 0 Å². The smallest absolute Gasteiger partial charge is 0.225 e. The van der Waals surface area contributed by atoms with Crippen LogP contribution in [0, 0.1) is 23.5 Å². The van der Waals surface area contributed by atoms with Crippen LogP contribution in [0.3, 0.4) is 0 Å². The Morgan fingerprint density at radius 1 is 1.00 bits per heavy atom. The Kier molecular flexibility index (Phi) is 8.18. The molecule has 0 radical (unpaired) electrons. The fourth-order valence-corrected chi connectivity index (χ4v) is 5.50. The Hall–Kier alpha value is -3.11. The summed E-state index contributed by atoms with van der Waals surface area (Å²) in [7, 11) is 0. The Morgan fingerprint density at radius 2 is 1.66 bits per heavy atom. The minimum Gasteiger partial charge on any atom is -0.490 e. The summed E-state index contributed by atoms with van der Waals surface area (Å²) in [4.78, 5) is 21.6. The largest absolute Gasteiger partial charge is 0.490 e. The van der Waals surface area contributed by atoms with Crippen molar-refractivity contribution in [1.29, 1.82) is 0 Å². The van der Waals surface area contributed by atoms with Crippen molar-refractivity contribution in [3.05, 3.63) is 65.2 Å². The van der Waals surface area contributed by atoms with Gasteiger partial charge >= 0.3 is 0 Å². The van der Waals surface area contributed by atoms with Crippen molar-refractivity contribution in [2.45, 2.75) is 38.1 Å². The number of hydrogen-bond donors (Lipinski definition) is 1. The van der Waals surface area contributed by atoms with Gasteiger partial charge in [0, 0.05) is 38.1 Å². The van der Waals surface area contributed by atoms with Crippen LogP contribution in [-0.4, -0.2) is 58.8 Å². The molecule has 0 saturated carbocycles. The molecule has 2 aliphatic heterocycles. The molecule has 2 fully saturated rings. The van der Waals surface area contributed by atoms with Crippen LogP contribution in [0.1, 0.15) is 37.7 Å². The van der Waals surface area contributed by atoms with E-state index in [1.807, 2.05) is 4.90 Å². The van der Waals surface area contributed by atoms with Crippen LogP contribution in [0.2, 0.25) is 5.02 Å². The Morgan fingerprint density at radius 3 is 2.37 bits per heavy atom. The van der Waals surface area contributed by atoms with Crippen LogP contribution in [-0.2, 0) is 0 Å². The molecule has 2 N–H and O–H groups in total. The number of nitrogens with two attached hydrogens (primary N) is 1. The minimum absolute atomic E-state index is 0.290. The number of nitrogens with zero attached hydrogens (tertiary/aromatic N) is 6. The molecule has 8 nitrogen and oxygen atoms in total. The lowest BCUT2D eigenvalue weighted by Crippen LogP contribution is -2.36. The Bertz CT molecular complexity index is 1210. The van der Waals surface area contributed by atoms with E-state index < -0.39 is 11.6 Å². The van der Waals surface area contributed by atoms with E-state index in [-0.39, 0.29) is 17.5 Å². The molecule has 3 aromatic rings. The van der Waals surface area contributed by atoms with Gasteiger partial charge in [-0.2, -0.15) is 0 Å². The third kappa shape index (κ3) is 6.13. The van der Waals surface area contributed by atoms with Crippen molar-refractivity contribution >= 4 is 23.5 Å². The van der Waals surface area contributed by atoms with E-state index in [1.165, 1.54) is 6.07 Å². The van der Waals surface area contributed by atoms with Gasteiger partial charge in [0.2, 0.25) is 11.9 Å². The van der Waals surface area contributed by atoms with Gasteiger partial charge in [0.15, 0.2) is 5.75 Å². The van der Waals surface area contributed by atoms with Crippen molar-refractivity contribution in [2.24, 2.45) is 17.6 Å². The molecule has 0 spiro atoms. The number of piperidine rings is 1. The molecule has 0 unspecified atom stereocenters. The molecule has 202 valence electrons. The van der Waals surface area contributed by atoms with E-state index >= 15 is 0 Å². The highest BCUT2D eigenvalue weighted by molar-refractivity contribution is 6.30. The van der Waals surface area contributed by atoms with Crippen LogP contribution < -0.4 is 20.3 Å². The second-order valence-corrected chi connectivity index (χ2v) is 10.6. The van der Waals surface area contributed by atoms with E-state index in [0.717, 1.165) is 50.4 Å². The van der Waals surface area contributed by atoms with E-state index in [9.17, 15) is 8.78 Å². The maximum absolute atomic E-state index is 14.3. The first kappa shape index (κ1) is 26.5. The van der Waals surface area contributed by atoms with Crippen LogP contribution in [0.4, 0.5) is 20.7 Å². The molecular formula is C27H32ClF2N7O. The molecule has 0 bridgehead atoms. The van der Waals surface area contributed by atoms with Crippen molar-refractivity contribution in [3.8, 4) is 5.75 Å². The molecule has 0 aliphatic carbocycles. The number of rotatable bonds is 8. The molecule has 5 rings (SSSR count). The lowest BCUT2D eigenvalue weighted by Gasteiger charge is -2.34. The summed E-state index contributed by atoms with van der Waals surface area (Å²) in [5.74, 6) is 1.72. The quantitative estimate of drug-likeness (QED) is 0.445. The molecule has 4 heterocycles. The van der Waals surface area contributed by atoms with Gasteiger partial charge in [-0.3, -0.25) is 0 Å². The maximum Gasteiger partial charge on any atom is 0.225 e. The average Bonchev–Trinajstić information content (AvgIpc) is 3.32. The molecule has 11 heteroatoms. The number of hydrogen-bond acceptors (Lipinski definition) is 8. The van der Waals surface area contributed by atoms with Crippen LogP contribution in [0.5, 0.6) is 5.75 Å². The monoisotopic (exact) mass is 543 g/mol. The van der Waals surface area contributed by atoms with E-state index in [1.54, 1.807) is 24.8 Å². The van der Waals surface area contributed by atoms with Crippen molar-refractivity contribution in [2.75, 3.05) is 42.6 Å². The predicted molar refractivity (Wildman–Crippen MR) is 143 cm³/mol. The highest BCUT2D eigenvalue weighted by Crippen LogP contribution is 2.31. The number of aromatic nitrogens is 4. The van der Waals surface area contributed by atoms with Crippen molar-refractivity contribution < 1.29 is 13.5 Å². The van der Waals surface area contributed by atoms with Crippen LogP contribution >= 0.6 is 11.6 Å². The molecule has 1 aromatic carbocycles. The lowest BCUT2D eigenvalue weighted by molar-refractivity contribution is 0.222. The third-order valence-electron chi connectivity index (χ3n) is 7.70. The molecule has 38 heavy (non-hydrogen) atoms. The summed E-state index contributed by atoms with van der Waals surface area (Å²) < 4.78 is 33.9. The topological polar surface area (TPSA) is 93.3 Å². The number of benzene rings is 1. The Labute approximate surface area is 226 Å². The first-order valence-electron chi connectivity index (χ1n) is 13.0. The van der Waals surface area contributed by atoms with Gasteiger partial charge in [0.1, 0.15) is 11.6 Å².